The topological polar surface area (TPSA) is 75.2 Å². The molecular weight excluding hydrogens is 558 g/mol. The summed E-state index contributed by atoms with van der Waals surface area (Å²) >= 11 is 6.22. The lowest BCUT2D eigenvalue weighted by atomic mass is 10.0. The molecule has 7 nitrogen and oxygen atoms in total. The van der Waals surface area contributed by atoms with E-state index in [4.69, 9.17) is 16.6 Å². The van der Waals surface area contributed by atoms with Crippen molar-refractivity contribution in [1.29, 1.82) is 0 Å². The van der Waals surface area contributed by atoms with Crippen LogP contribution in [-0.4, -0.2) is 71.3 Å². The van der Waals surface area contributed by atoms with Crippen LogP contribution in [0.2, 0.25) is 5.02 Å². The van der Waals surface area contributed by atoms with E-state index in [1.165, 1.54) is 0 Å². The average molecular weight is 592 g/mol. The highest BCUT2D eigenvalue weighted by Crippen LogP contribution is 2.33. The maximum Gasteiger partial charge on any atom is 0.241 e. The quantitative estimate of drug-likeness (QED) is 0.203. The summed E-state index contributed by atoms with van der Waals surface area (Å²) in [7, 11) is 2.11. The van der Waals surface area contributed by atoms with Crippen LogP contribution in [0.3, 0.4) is 0 Å². The number of carbonyl (C=O) groups excluding carboxylic acids is 1. The number of hydrogen-bond donors (Lipinski definition) is 2. The summed E-state index contributed by atoms with van der Waals surface area (Å²) in [5, 5.41) is 12.4. The third-order valence-electron chi connectivity index (χ3n) is 7.87. The highest BCUT2D eigenvalue weighted by atomic mass is 35.5. The number of halogens is 1. The van der Waals surface area contributed by atoms with E-state index in [0.29, 0.717) is 35.1 Å². The Bertz CT molecular complexity index is 1730. The van der Waals surface area contributed by atoms with Crippen LogP contribution in [0, 0.1) is 0 Å². The normalized spacial score (nSPS) is 14.7. The molecule has 2 heterocycles. The van der Waals surface area contributed by atoms with E-state index >= 15 is 0 Å². The third-order valence-corrected chi connectivity index (χ3v) is 8.10. The van der Waals surface area contributed by atoms with E-state index in [-0.39, 0.29) is 11.8 Å². The molecule has 1 aliphatic rings. The fourth-order valence-corrected chi connectivity index (χ4v) is 5.64. The van der Waals surface area contributed by atoms with Crippen molar-refractivity contribution in [3.8, 4) is 5.88 Å². The van der Waals surface area contributed by atoms with Crippen molar-refractivity contribution in [3.05, 3.63) is 125 Å². The molecule has 0 unspecified atom stereocenters. The summed E-state index contributed by atoms with van der Waals surface area (Å²) < 4.78 is 0. The summed E-state index contributed by atoms with van der Waals surface area (Å²) in [6, 6.07) is 33.1. The first kappa shape index (κ1) is 28.7. The molecule has 0 saturated carbocycles. The smallest absolute Gasteiger partial charge is 0.241 e. The Balaban J connectivity index is 1.34. The van der Waals surface area contributed by atoms with Gasteiger partial charge in [-0.3, -0.25) is 9.69 Å². The van der Waals surface area contributed by atoms with Gasteiger partial charge in [0.05, 0.1) is 35.6 Å². The molecule has 1 aliphatic heterocycles. The number of nitrogens with one attached hydrogen (secondary N) is 1. The molecule has 4 aromatic carbocycles. The van der Waals surface area contributed by atoms with Gasteiger partial charge in [0.2, 0.25) is 5.91 Å². The van der Waals surface area contributed by atoms with E-state index in [2.05, 4.69) is 21.8 Å². The van der Waals surface area contributed by atoms with Gasteiger partial charge in [0.25, 0.3) is 0 Å². The second-order valence-electron chi connectivity index (χ2n) is 10.9. The molecular formula is C35H34ClN5O2. The molecule has 0 atom stereocenters. The van der Waals surface area contributed by atoms with Crippen LogP contribution >= 0.6 is 11.6 Å². The van der Waals surface area contributed by atoms with Crippen molar-refractivity contribution in [1.82, 2.24) is 14.8 Å². The molecule has 1 aromatic heterocycles. The highest BCUT2D eigenvalue weighted by Gasteiger charge is 2.23. The largest absolute Gasteiger partial charge is 0.494 e. The summed E-state index contributed by atoms with van der Waals surface area (Å²) in [4.78, 5) is 28.1. The van der Waals surface area contributed by atoms with Crippen molar-refractivity contribution >= 4 is 45.5 Å². The van der Waals surface area contributed by atoms with E-state index in [9.17, 15) is 9.90 Å². The number of piperazine rings is 1. The minimum absolute atomic E-state index is 0.0278. The molecule has 43 heavy (non-hydrogen) atoms. The zero-order chi connectivity index (χ0) is 29.8. The Morgan fingerprint density at radius 3 is 2.28 bits per heavy atom. The van der Waals surface area contributed by atoms with Crippen LogP contribution in [0.5, 0.6) is 5.88 Å². The van der Waals surface area contributed by atoms with E-state index in [1.807, 2.05) is 95.9 Å². The Labute approximate surface area is 256 Å². The van der Waals surface area contributed by atoms with Crippen molar-refractivity contribution in [2.75, 3.05) is 44.7 Å². The van der Waals surface area contributed by atoms with Gasteiger partial charge >= 0.3 is 0 Å². The number of aromatic hydroxyl groups is 1. The number of anilines is 1. The van der Waals surface area contributed by atoms with Gasteiger partial charge in [0, 0.05) is 47.8 Å². The Hall–Kier alpha value is -4.43. The second-order valence-corrected chi connectivity index (χ2v) is 11.4. The van der Waals surface area contributed by atoms with Crippen molar-refractivity contribution in [2.24, 2.45) is 4.99 Å². The zero-order valence-corrected chi connectivity index (χ0v) is 24.8. The van der Waals surface area contributed by atoms with Gasteiger partial charge in [-0.05, 0) is 49.0 Å². The number of H-pyrrole nitrogens is 1. The van der Waals surface area contributed by atoms with Crippen molar-refractivity contribution in [2.45, 2.75) is 6.54 Å². The van der Waals surface area contributed by atoms with Gasteiger partial charge in [-0.1, -0.05) is 78.3 Å². The molecule has 5 aromatic rings. The van der Waals surface area contributed by atoms with Crippen LogP contribution in [0.25, 0.3) is 10.9 Å². The number of aromatic amines is 1. The van der Waals surface area contributed by atoms with Gasteiger partial charge in [-0.2, -0.15) is 0 Å². The monoisotopic (exact) mass is 591 g/mol. The summed E-state index contributed by atoms with van der Waals surface area (Å²) in [5.74, 6) is 0.0945. The molecule has 0 spiro atoms. The summed E-state index contributed by atoms with van der Waals surface area (Å²) in [5.41, 5.74) is 5.42. The van der Waals surface area contributed by atoms with E-state index < -0.39 is 0 Å². The number of hydrogen-bond acceptors (Lipinski definition) is 5. The minimum Gasteiger partial charge on any atom is -0.494 e. The molecule has 1 fully saturated rings. The number of rotatable bonds is 8. The van der Waals surface area contributed by atoms with Gasteiger partial charge in [-0.15, -0.1) is 0 Å². The van der Waals surface area contributed by atoms with Crippen LogP contribution in [-0.2, 0) is 11.3 Å². The first-order valence-electron chi connectivity index (χ1n) is 14.4. The number of likely N-dealkylation sites (N-methyl/N-ethyl adjacent to an activating group) is 1. The fraction of sp³-hybridized carbons (Fsp3) is 0.200. The second kappa shape index (κ2) is 12.8. The molecule has 8 heteroatoms. The number of benzene rings is 4. The average Bonchev–Trinajstić information content (AvgIpc) is 3.35. The van der Waals surface area contributed by atoms with Crippen molar-refractivity contribution in [3.63, 3.8) is 0 Å². The lowest BCUT2D eigenvalue weighted by Gasteiger charge is -2.33. The molecule has 0 bridgehead atoms. The zero-order valence-electron chi connectivity index (χ0n) is 24.1. The van der Waals surface area contributed by atoms with Gasteiger partial charge in [-0.25, -0.2) is 4.99 Å². The van der Waals surface area contributed by atoms with Crippen LogP contribution in [0.1, 0.15) is 16.7 Å². The van der Waals surface area contributed by atoms with Crippen molar-refractivity contribution < 1.29 is 9.90 Å². The third kappa shape index (κ3) is 6.65. The number of nitrogens with zero attached hydrogens (tertiary/aromatic N) is 4. The molecule has 0 radical (unpaired) electrons. The molecule has 218 valence electrons. The fourth-order valence-electron chi connectivity index (χ4n) is 5.46. The Kier molecular flexibility index (Phi) is 8.56. The van der Waals surface area contributed by atoms with E-state index in [1.54, 1.807) is 12.1 Å². The minimum atomic E-state index is 0.0278. The Morgan fingerprint density at radius 2 is 1.58 bits per heavy atom. The standard InChI is InChI=1S/C35H34ClN5O2/c1-39-18-20-40(21-19-39)24-32(42)41(23-25-8-4-2-5-9-25)29-15-13-28(14-16-29)37-34(26-10-6-3-7-11-26)33-30-17-12-27(36)22-31(30)38-35(33)43/h2-17,22,38,43H,18-21,23-24H2,1H3. The maximum absolute atomic E-state index is 13.7. The van der Waals surface area contributed by atoms with Gasteiger partial charge in [0.1, 0.15) is 0 Å². The predicted octanol–water partition coefficient (Wildman–Crippen LogP) is 6.48. The SMILES string of the molecule is CN1CCN(CC(=O)N(Cc2ccccc2)c2ccc(N=C(c3ccccc3)c3c(O)[nH]c4cc(Cl)ccc34)cc2)CC1. The highest BCUT2D eigenvalue weighted by molar-refractivity contribution is 6.31. The lowest BCUT2D eigenvalue weighted by molar-refractivity contribution is -0.120. The number of carbonyl (C=O) groups is 1. The van der Waals surface area contributed by atoms with Crippen LogP contribution in [0.4, 0.5) is 11.4 Å². The number of aliphatic imine (C=N–C) groups is 1. The maximum atomic E-state index is 13.7. The predicted molar refractivity (Wildman–Crippen MR) is 175 cm³/mol. The molecule has 1 saturated heterocycles. The van der Waals surface area contributed by atoms with E-state index in [0.717, 1.165) is 53.9 Å². The molecule has 2 N–H and O–H groups in total. The number of aromatic nitrogens is 1. The molecule has 1 amide bonds. The number of amides is 1. The lowest BCUT2D eigenvalue weighted by Crippen LogP contribution is -2.48. The molecule has 0 aliphatic carbocycles. The summed E-state index contributed by atoms with van der Waals surface area (Å²) in [6.45, 7) is 4.54. The number of fused-ring (bicyclic) bond motifs is 1. The first-order valence-corrected chi connectivity index (χ1v) is 14.8. The summed E-state index contributed by atoms with van der Waals surface area (Å²) in [6.07, 6.45) is 0. The van der Waals surface area contributed by atoms with Gasteiger partial charge < -0.3 is 19.9 Å². The first-order chi connectivity index (χ1) is 20.9. The van der Waals surface area contributed by atoms with Crippen LogP contribution in [0.15, 0.2) is 108 Å². The van der Waals surface area contributed by atoms with Gasteiger partial charge in [0.15, 0.2) is 5.88 Å². The molecule has 6 rings (SSSR count). The Morgan fingerprint density at radius 1 is 0.907 bits per heavy atom. The van der Waals surface area contributed by atoms with Crippen LogP contribution < -0.4 is 4.90 Å².